The molecule has 1 aromatic heterocycles. The lowest BCUT2D eigenvalue weighted by atomic mass is 9.93. The van der Waals surface area contributed by atoms with Crippen LogP contribution in [0.1, 0.15) is 49.0 Å². The number of H-pyrrole nitrogens is 1. The molecule has 1 aromatic rings. The molecule has 3 fully saturated rings. The van der Waals surface area contributed by atoms with Gasteiger partial charge in [-0.2, -0.15) is 5.10 Å². The van der Waals surface area contributed by atoms with Crippen LogP contribution in [-0.4, -0.2) is 70.1 Å². The largest absolute Gasteiger partial charge is 0.353 e. The molecule has 2 aliphatic heterocycles. The van der Waals surface area contributed by atoms with Crippen LogP contribution < -0.4 is 5.32 Å². The Morgan fingerprint density at radius 1 is 1.12 bits per heavy atom. The molecular formula is C18H27N5O2. The molecule has 7 heteroatoms. The summed E-state index contributed by atoms with van der Waals surface area (Å²) in [5.41, 5.74) is 0.563. The zero-order valence-corrected chi connectivity index (χ0v) is 14.6. The highest BCUT2D eigenvalue weighted by atomic mass is 16.2. The molecule has 0 aromatic carbocycles. The predicted molar refractivity (Wildman–Crippen MR) is 93.0 cm³/mol. The average molecular weight is 345 g/mol. The van der Waals surface area contributed by atoms with Crippen molar-refractivity contribution < 1.29 is 9.59 Å². The topological polar surface area (TPSA) is 81.3 Å². The third kappa shape index (κ3) is 3.86. The van der Waals surface area contributed by atoms with Crippen LogP contribution in [0.15, 0.2) is 12.3 Å². The van der Waals surface area contributed by atoms with Crippen LogP contribution in [0, 0.1) is 5.92 Å². The molecule has 1 aliphatic carbocycles. The Morgan fingerprint density at radius 2 is 1.92 bits per heavy atom. The number of hydrogen-bond acceptors (Lipinski definition) is 4. The van der Waals surface area contributed by atoms with Crippen molar-refractivity contribution in [1.82, 2.24) is 25.3 Å². The summed E-state index contributed by atoms with van der Waals surface area (Å²) in [4.78, 5) is 29.1. The van der Waals surface area contributed by atoms with E-state index < -0.39 is 0 Å². The summed E-state index contributed by atoms with van der Waals surface area (Å²) in [6.45, 7) is 3.50. The zero-order chi connectivity index (χ0) is 17.2. The summed E-state index contributed by atoms with van der Waals surface area (Å²) in [5.74, 6) is 0.425. The van der Waals surface area contributed by atoms with Gasteiger partial charge in [0.1, 0.15) is 5.69 Å². The molecule has 0 radical (unpaired) electrons. The van der Waals surface area contributed by atoms with Crippen molar-refractivity contribution >= 4 is 11.8 Å². The molecule has 3 aliphatic rings. The van der Waals surface area contributed by atoms with Crippen LogP contribution in [0.25, 0.3) is 0 Å². The highest BCUT2D eigenvalue weighted by Gasteiger charge is 2.34. The summed E-state index contributed by atoms with van der Waals surface area (Å²) >= 11 is 0. The van der Waals surface area contributed by atoms with Gasteiger partial charge in [0.05, 0.1) is 5.92 Å². The number of carbonyl (C=O) groups excluding carboxylic acids is 2. The summed E-state index contributed by atoms with van der Waals surface area (Å²) in [6.07, 6.45) is 7.96. The van der Waals surface area contributed by atoms with E-state index in [1.54, 1.807) is 12.3 Å². The standard InChI is InChI=1S/C18H27N5O2/c24-17(20-14-3-4-14)13-2-1-9-23(12-13)15-6-10-22(11-7-15)18(25)16-5-8-19-21-16/h5,8,13-15H,1-4,6-7,9-12H2,(H,19,21)(H,20,24)/t13-/m1/s1. The Labute approximate surface area is 148 Å². The van der Waals surface area contributed by atoms with Gasteiger partial charge in [-0.1, -0.05) is 0 Å². The van der Waals surface area contributed by atoms with Gasteiger partial charge in [0.25, 0.3) is 5.91 Å². The molecule has 0 bridgehead atoms. The highest BCUT2D eigenvalue weighted by Crippen LogP contribution is 2.26. The lowest BCUT2D eigenvalue weighted by Gasteiger charge is -2.42. The lowest BCUT2D eigenvalue weighted by molar-refractivity contribution is -0.127. The molecule has 1 saturated carbocycles. The van der Waals surface area contributed by atoms with Crippen LogP contribution in [0.2, 0.25) is 0 Å². The van der Waals surface area contributed by atoms with Crippen LogP contribution in [0.5, 0.6) is 0 Å². The van der Waals surface area contributed by atoms with E-state index in [1.807, 2.05) is 4.90 Å². The Kier molecular flexibility index (Phi) is 4.74. The van der Waals surface area contributed by atoms with Crippen molar-refractivity contribution in [1.29, 1.82) is 0 Å². The maximum Gasteiger partial charge on any atom is 0.271 e. The Morgan fingerprint density at radius 3 is 2.60 bits per heavy atom. The van der Waals surface area contributed by atoms with Gasteiger partial charge in [0, 0.05) is 37.9 Å². The van der Waals surface area contributed by atoms with E-state index in [0.717, 1.165) is 64.7 Å². The molecule has 0 unspecified atom stereocenters. The molecule has 2 saturated heterocycles. The normalized spacial score (nSPS) is 25.8. The minimum absolute atomic E-state index is 0.0382. The molecule has 3 heterocycles. The lowest BCUT2D eigenvalue weighted by Crippen LogP contribution is -2.51. The molecule has 2 amide bonds. The van der Waals surface area contributed by atoms with Crippen LogP contribution in [0.3, 0.4) is 0 Å². The van der Waals surface area contributed by atoms with E-state index in [0.29, 0.717) is 17.8 Å². The summed E-state index contributed by atoms with van der Waals surface area (Å²) in [7, 11) is 0. The van der Waals surface area contributed by atoms with Gasteiger partial charge in [-0.05, 0) is 51.1 Å². The molecule has 25 heavy (non-hydrogen) atoms. The van der Waals surface area contributed by atoms with E-state index in [2.05, 4.69) is 20.4 Å². The Balaban J connectivity index is 1.28. The van der Waals surface area contributed by atoms with E-state index >= 15 is 0 Å². The minimum Gasteiger partial charge on any atom is -0.353 e. The van der Waals surface area contributed by atoms with Gasteiger partial charge in [-0.25, -0.2) is 0 Å². The van der Waals surface area contributed by atoms with Gasteiger partial charge in [-0.3, -0.25) is 19.6 Å². The number of rotatable bonds is 4. The molecular weight excluding hydrogens is 318 g/mol. The number of hydrogen-bond donors (Lipinski definition) is 2. The smallest absolute Gasteiger partial charge is 0.271 e. The average Bonchev–Trinajstić information content (AvgIpc) is 3.30. The van der Waals surface area contributed by atoms with Gasteiger partial charge in [0.15, 0.2) is 0 Å². The molecule has 136 valence electrons. The SMILES string of the molecule is O=C(NC1CC1)[C@@H]1CCCN(C2CCN(C(=O)c3ccn[nH]3)CC2)C1. The number of likely N-dealkylation sites (tertiary alicyclic amines) is 2. The van der Waals surface area contributed by atoms with Crippen LogP contribution in [0.4, 0.5) is 0 Å². The number of aromatic nitrogens is 2. The van der Waals surface area contributed by atoms with Crippen LogP contribution >= 0.6 is 0 Å². The first-order valence-electron chi connectivity index (χ1n) is 9.54. The quantitative estimate of drug-likeness (QED) is 0.853. The number of nitrogens with one attached hydrogen (secondary N) is 2. The maximum atomic E-state index is 12.4. The maximum absolute atomic E-state index is 12.4. The van der Waals surface area contributed by atoms with E-state index in [9.17, 15) is 9.59 Å². The first-order valence-corrected chi connectivity index (χ1v) is 9.54. The van der Waals surface area contributed by atoms with Crippen molar-refractivity contribution in [2.75, 3.05) is 26.2 Å². The van der Waals surface area contributed by atoms with E-state index in [-0.39, 0.29) is 17.7 Å². The van der Waals surface area contributed by atoms with Crippen molar-refractivity contribution in [3.8, 4) is 0 Å². The third-order valence-electron chi connectivity index (χ3n) is 5.75. The number of piperidine rings is 2. The van der Waals surface area contributed by atoms with Crippen LogP contribution in [-0.2, 0) is 4.79 Å². The van der Waals surface area contributed by atoms with E-state index in [4.69, 9.17) is 0 Å². The fourth-order valence-electron chi connectivity index (χ4n) is 4.08. The summed E-state index contributed by atoms with van der Waals surface area (Å²) in [5, 5.41) is 9.77. The summed E-state index contributed by atoms with van der Waals surface area (Å²) < 4.78 is 0. The molecule has 2 N–H and O–H groups in total. The molecule has 4 rings (SSSR count). The fourth-order valence-corrected chi connectivity index (χ4v) is 4.08. The van der Waals surface area contributed by atoms with Crippen molar-refractivity contribution in [3.63, 3.8) is 0 Å². The number of nitrogens with zero attached hydrogens (tertiary/aromatic N) is 3. The minimum atomic E-state index is 0.0382. The first kappa shape index (κ1) is 16.6. The predicted octanol–water partition coefficient (Wildman–Crippen LogP) is 1.00. The highest BCUT2D eigenvalue weighted by molar-refractivity contribution is 5.92. The monoisotopic (exact) mass is 345 g/mol. The van der Waals surface area contributed by atoms with Crippen molar-refractivity contribution in [2.45, 2.75) is 50.6 Å². The molecule has 1 atom stereocenters. The fraction of sp³-hybridized carbons (Fsp3) is 0.722. The van der Waals surface area contributed by atoms with Crippen molar-refractivity contribution in [3.05, 3.63) is 18.0 Å². The molecule has 7 nitrogen and oxygen atoms in total. The van der Waals surface area contributed by atoms with Gasteiger partial charge < -0.3 is 10.2 Å². The van der Waals surface area contributed by atoms with Gasteiger partial charge in [-0.15, -0.1) is 0 Å². The van der Waals surface area contributed by atoms with E-state index in [1.165, 1.54) is 0 Å². The first-order chi connectivity index (χ1) is 12.2. The Bertz CT molecular complexity index is 605. The van der Waals surface area contributed by atoms with Crippen molar-refractivity contribution in [2.24, 2.45) is 5.92 Å². The second-order valence-corrected chi connectivity index (χ2v) is 7.61. The Hall–Kier alpha value is -1.89. The summed E-state index contributed by atoms with van der Waals surface area (Å²) in [6, 6.07) is 2.66. The number of amides is 2. The van der Waals surface area contributed by atoms with Gasteiger partial charge in [0.2, 0.25) is 5.91 Å². The number of carbonyl (C=O) groups is 2. The number of aromatic amines is 1. The zero-order valence-electron chi connectivity index (χ0n) is 14.6. The van der Waals surface area contributed by atoms with Gasteiger partial charge >= 0.3 is 0 Å². The third-order valence-corrected chi connectivity index (χ3v) is 5.75. The second-order valence-electron chi connectivity index (χ2n) is 7.61. The second kappa shape index (κ2) is 7.15. The molecule has 0 spiro atoms.